The van der Waals surface area contributed by atoms with E-state index in [-0.39, 0.29) is 11.7 Å². The summed E-state index contributed by atoms with van der Waals surface area (Å²) >= 11 is 6.38. The molecule has 0 aliphatic carbocycles. The van der Waals surface area contributed by atoms with Crippen molar-refractivity contribution in [2.75, 3.05) is 11.9 Å². The lowest BCUT2D eigenvalue weighted by molar-refractivity contribution is -0.118. The van der Waals surface area contributed by atoms with E-state index < -0.39 is 0 Å². The predicted octanol–water partition coefficient (Wildman–Crippen LogP) is 4.99. The Morgan fingerprint density at radius 1 is 1.10 bits per heavy atom. The van der Waals surface area contributed by atoms with Crippen LogP contribution >= 0.6 is 11.6 Å². The SMILES string of the molecule is CCC(=O)N(C)c1ccc(-c2ccc(C(=O)CCc3cccnc3)cn2)cc1Cl. The minimum absolute atomic E-state index is 0.00748. The predicted molar refractivity (Wildman–Crippen MR) is 115 cm³/mol. The van der Waals surface area contributed by atoms with Gasteiger partial charge >= 0.3 is 0 Å². The number of hydrogen-bond donors (Lipinski definition) is 0. The highest BCUT2D eigenvalue weighted by Gasteiger charge is 2.14. The van der Waals surface area contributed by atoms with E-state index in [1.165, 1.54) is 0 Å². The van der Waals surface area contributed by atoms with Crippen molar-refractivity contribution < 1.29 is 9.59 Å². The molecular weight excluding hydrogens is 386 g/mol. The molecule has 0 unspecified atom stereocenters. The molecule has 3 rings (SSSR count). The van der Waals surface area contributed by atoms with Crippen LogP contribution in [0.15, 0.2) is 61.1 Å². The highest BCUT2D eigenvalue weighted by Crippen LogP contribution is 2.30. The largest absolute Gasteiger partial charge is 0.314 e. The number of benzene rings is 1. The standard InChI is InChI=1S/C23H22ClN3O2/c1-3-23(29)27(2)21-10-8-17(13-19(21)24)20-9-7-18(15-26-20)22(28)11-6-16-5-4-12-25-14-16/h4-5,7-10,12-15H,3,6,11H2,1-2H3. The first-order valence-corrected chi connectivity index (χ1v) is 9.82. The van der Waals surface area contributed by atoms with Crippen LogP contribution in [-0.2, 0) is 11.2 Å². The van der Waals surface area contributed by atoms with Gasteiger partial charge in [0.2, 0.25) is 5.91 Å². The molecule has 0 fully saturated rings. The van der Waals surface area contributed by atoms with E-state index >= 15 is 0 Å². The van der Waals surface area contributed by atoms with Crippen molar-refractivity contribution >= 4 is 29.0 Å². The van der Waals surface area contributed by atoms with Gasteiger partial charge in [0.25, 0.3) is 0 Å². The van der Waals surface area contributed by atoms with E-state index in [9.17, 15) is 9.59 Å². The third-order valence-corrected chi connectivity index (χ3v) is 5.03. The van der Waals surface area contributed by atoms with Crippen LogP contribution in [0, 0.1) is 0 Å². The van der Waals surface area contributed by atoms with Gasteiger partial charge < -0.3 is 4.90 Å². The van der Waals surface area contributed by atoms with Gasteiger partial charge in [0.15, 0.2) is 5.78 Å². The molecule has 1 aromatic carbocycles. The van der Waals surface area contributed by atoms with Crippen molar-refractivity contribution in [3.63, 3.8) is 0 Å². The van der Waals surface area contributed by atoms with Crippen LogP contribution in [0.25, 0.3) is 11.3 Å². The van der Waals surface area contributed by atoms with E-state index in [0.29, 0.717) is 41.2 Å². The van der Waals surface area contributed by atoms with Gasteiger partial charge in [-0.05, 0) is 42.3 Å². The highest BCUT2D eigenvalue weighted by molar-refractivity contribution is 6.34. The number of halogens is 1. The number of rotatable bonds is 7. The van der Waals surface area contributed by atoms with Gasteiger partial charge in [0, 0.05) is 49.6 Å². The summed E-state index contributed by atoms with van der Waals surface area (Å²) in [5.74, 6) is 0.0351. The lowest BCUT2D eigenvalue weighted by Gasteiger charge is -2.18. The zero-order chi connectivity index (χ0) is 20.8. The molecule has 148 valence electrons. The highest BCUT2D eigenvalue weighted by atomic mass is 35.5. The Kier molecular flexibility index (Phi) is 6.73. The fourth-order valence-electron chi connectivity index (χ4n) is 2.99. The zero-order valence-corrected chi connectivity index (χ0v) is 17.2. The molecule has 3 aromatic rings. The molecule has 2 heterocycles. The Labute approximate surface area is 175 Å². The first-order valence-electron chi connectivity index (χ1n) is 9.44. The van der Waals surface area contributed by atoms with Crippen LogP contribution in [0.2, 0.25) is 5.02 Å². The zero-order valence-electron chi connectivity index (χ0n) is 16.4. The van der Waals surface area contributed by atoms with Crippen LogP contribution < -0.4 is 4.90 Å². The number of anilines is 1. The molecule has 0 aliphatic rings. The maximum atomic E-state index is 12.4. The van der Waals surface area contributed by atoms with E-state index in [0.717, 1.165) is 11.1 Å². The van der Waals surface area contributed by atoms with Gasteiger partial charge in [0.05, 0.1) is 16.4 Å². The van der Waals surface area contributed by atoms with E-state index in [1.807, 2.05) is 31.2 Å². The smallest absolute Gasteiger partial charge is 0.226 e. The fraction of sp³-hybridized carbons (Fsp3) is 0.217. The van der Waals surface area contributed by atoms with E-state index in [4.69, 9.17) is 11.6 Å². The molecular formula is C23H22ClN3O2. The summed E-state index contributed by atoms with van der Waals surface area (Å²) in [5, 5.41) is 0.477. The molecule has 0 spiro atoms. The summed E-state index contributed by atoms with van der Waals surface area (Å²) in [5.41, 5.74) is 3.81. The van der Waals surface area contributed by atoms with Gasteiger partial charge in [-0.2, -0.15) is 0 Å². The van der Waals surface area contributed by atoms with Crippen molar-refractivity contribution in [3.8, 4) is 11.3 Å². The quantitative estimate of drug-likeness (QED) is 0.518. The lowest BCUT2D eigenvalue weighted by Crippen LogP contribution is -2.25. The Balaban J connectivity index is 1.70. The van der Waals surface area contributed by atoms with Gasteiger partial charge in [-0.3, -0.25) is 19.6 Å². The van der Waals surface area contributed by atoms with Crippen LogP contribution in [-0.4, -0.2) is 28.7 Å². The third kappa shape index (κ3) is 5.06. The first-order chi connectivity index (χ1) is 14.0. The molecule has 0 aliphatic heterocycles. The van der Waals surface area contributed by atoms with Gasteiger partial charge in [-0.25, -0.2) is 0 Å². The second kappa shape index (κ2) is 9.43. The number of hydrogen-bond acceptors (Lipinski definition) is 4. The fourth-order valence-corrected chi connectivity index (χ4v) is 3.29. The molecule has 0 radical (unpaired) electrons. The molecule has 1 amide bonds. The average molecular weight is 408 g/mol. The topological polar surface area (TPSA) is 63.2 Å². The Morgan fingerprint density at radius 3 is 2.55 bits per heavy atom. The minimum Gasteiger partial charge on any atom is -0.314 e. The minimum atomic E-state index is -0.00748. The number of Topliss-reactive ketones (excluding diaryl/α,β-unsaturated/α-hetero) is 1. The molecule has 0 N–H and O–H groups in total. The number of carbonyl (C=O) groups excluding carboxylic acids is 2. The number of aromatic nitrogens is 2. The third-order valence-electron chi connectivity index (χ3n) is 4.73. The molecule has 0 bridgehead atoms. The molecule has 0 saturated heterocycles. The van der Waals surface area contributed by atoms with E-state index in [2.05, 4.69) is 9.97 Å². The van der Waals surface area contributed by atoms with Crippen LogP contribution in [0.5, 0.6) is 0 Å². The Hall–Kier alpha value is -3.05. The summed E-state index contributed by atoms with van der Waals surface area (Å²) in [6, 6.07) is 12.9. The summed E-state index contributed by atoms with van der Waals surface area (Å²) in [4.78, 5) is 34.3. The lowest BCUT2D eigenvalue weighted by atomic mass is 10.0. The van der Waals surface area contributed by atoms with Crippen molar-refractivity contribution in [1.82, 2.24) is 9.97 Å². The van der Waals surface area contributed by atoms with Gasteiger partial charge in [-0.15, -0.1) is 0 Å². The summed E-state index contributed by atoms with van der Waals surface area (Å²) in [6.45, 7) is 1.81. The summed E-state index contributed by atoms with van der Waals surface area (Å²) in [7, 11) is 1.71. The normalized spacial score (nSPS) is 10.6. The molecule has 29 heavy (non-hydrogen) atoms. The molecule has 0 saturated carbocycles. The van der Waals surface area contributed by atoms with Crippen LogP contribution in [0.4, 0.5) is 5.69 Å². The Morgan fingerprint density at radius 2 is 1.93 bits per heavy atom. The van der Waals surface area contributed by atoms with E-state index in [1.54, 1.807) is 48.7 Å². The van der Waals surface area contributed by atoms with Gasteiger partial charge in [-0.1, -0.05) is 30.7 Å². The van der Waals surface area contributed by atoms with Crippen molar-refractivity contribution in [1.29, 1.82) is 0 Å². The summed E-state index contributed by atoms with van der Waals surface area (Å²) in [6.07, 6.45) is 6.54. The van der Waals surface area contributed by atoms with Crippen molar-refractivity contribution in [3.05, 3.63) is 77.2 Å². The molecule has 5 nitrogen and oxygen atoms in total. The number of nitrogens with zero attached hydrogens (tertiary/aromatic N) is 3. The Bertz CT molecular complexity index is 1000. The van der Waals surface area contributed by atoms with Crippen molar-refractivity contribution in [2.24, 2.45) is 0 Å². The second-order valence-electron chi connectivity index (χ2n) is 6.69. The number of amides is 1. The number of aryl methyl sites for hydroxylation is 1. The average Bonchev–Trinajstić information content (AvgIpc) is 2.77. The number of pyridine rings is 2. The second-order valence-corrected chi connectivity index (χ2v) is 7.10. The van der Waals surface area contributed by atoms with Crippen LogP contribution in [0.1, 0.15) is 35.7 Å². The number of ketones is 1. The van der Waals surface area contributed by atoms with Gasteiger partial charge in [0.1, 0.15) is 0 Å². The molecule has 0 atom stereocenters. The maximum Gasteiger partial charge on any atom is 0.226 e. The monoisotopic (exact) mass is 407 g/mol. The first kappa shape index (κ1) is 20.7. The van der Waals surface area contributed by atoms with Crippen LogP contribution in [0.3, 0.4) is 0 Å². The number of carbonyl (C=O) groups is 2. The molecule has 6 heteroatoms. The van der Waals surface area contributed by atoms with Crippen molar-refractivity contribution in [2.45, 2.75) is 26.2 Å². The molecule has 2 aromatic heterocycles. The summed E-state index contributed by atoms with van der Waals surface area (Å²) < 4.78 is 0. The maximum absolute atomic E-state index is 12.4.